The van der Waals surface area contributed by atoms with E-state index in [-0.39, 0.29) is 11.6 Å². The summed E-state index contributed by atoms with van der Waals surface area (Å²) in [5.41, 5.74) is 0.0239. The fraction of sp³-hybridized carbons (Fsp3) is 0.882. The zero-order chi connectivity index (χ0) is 14.3. The molecule has 0 saturated heterocycles. The van der Waals surface area contributed by atoms with Gasteiger partial charge in [0.05, 0.1) is 6.10 Å². The first kappa shape index (κ1) is 16.7. The van der Waals surface area contributed by atoms with Crippen LogP contribution in [-0.4, -0.2) is 35.7 Å². The maximum Gasteiger partial charge on any atom is 0.0723 e. The molecule has 1 aliphatic rings. The highest BCUT2D eigenvalue weighted by atomic mass is 16.3. The van der Waals surface area contributed by atoms with Gasteiger partial charge >= 0.3 is 0 Å². The molecule has 112 valence electrons. The van der Waals surface area contributed by atoms with E-state index in [0.29, 0.717) is 0 Å². The summed E-state index contributed by atoms with van der Waals surface area (Å²) < 4.78 is 0. The van der Waals surface area contributed by atoms with E-state index >= 15 is 0 Å². The molecule has 0 aromatic heterocycles. The summed E-state index contributed by atoms with van der Waals surface area (Å²) in [4.78, 5) is 2.29. The van der Waals surface area contributed by atoms with Crippen molar-refractivity contribution in [3.05, 3.63) is 12.7 Å². The molecule has 1 N–H and O–H groups in total. The smallest absolute Gasteiger partial charge is 0.0723 e. The molecule has 3 unspecified atom stereocenters. The van der Waals surface area contributed by atoms with Crippen molar-refractivity contribution in [1.29, 1.82) is 0 Å². The molecule has 0 radical (unpaired) electrons. The number of aliphatic hydroxyl groups excluding tert-OH is 1. The second kappa shape index (κ2) is 8.06. The van der Waals surface area contributed by atoms with Gasteiger partial charge in [-0.05, 0) is 52.1 Å². The molecule has 3 atom stereocenters. The van der Waals surface area contributed by atoms with Crippen molar-refractivity contribution in [3.63, 3.8) is 0 Å². The number of likely N-dealkylation sites (N-methyl/N-ethyl adjacent to an activating group) is 1. The molecule has 1 aliphatic carbocycles. The van der Waals surface area contributed by atoms with E-state index in [9.17, 15) is 5.11 Å². The van der Waals surface area contributed by atoms with Crippen molar-refractivity contribution in [1.82, 2.24) is 4.90 Å². The predicted octanol–water partition coefficient (Wildman–Crippen LogP) is 3.99. The first-order valence-electron chi connectivity index (χ1n) is 7.99. The number of unbranched alkanes of at least 4 members (excludes halogenated alkanes) is 3. The van der Waals surface area contributed by atoms with Crippen LogP contribution < -0.4 is 0 Å². The normalized spacial score (nSPS) is 29.4. The minimum Gasteiger partial charge on any atom is -0.391 e. The molecule has 1 rings (SSSR count). The van der Waals surface area contributed by atoms with E-state index in [0.717, 1.165) is 38.0 Å². The minimum absolute atomic E-state index is 0.0239. The highest BCUT2D eigenvalue weighted by Gasteiger charge is 2.42. The zero-order valence-corrected chi connectivity index (χ0v) is 13.2. The number of nitrogens with zero attached hydrogens (tertiary/aromatic N) is 1. The van der Waals surface area contributed by atoms with Crippen LogP contribution in [0.1, 0.15) is 64.7 Å². The van der Waals surface area contributed by atoms with E-state index in [1.165, 1.54) is 25.7 Å². The number of rotatable bonds is 8. The van der Waals surface area contributed by atoms with Crippen LogP contribution in [0.25, 0.3) is 0 Å². The number of allylic oxidation sites excluding steroid dienone is 1. The van der Waals surface area contributed by atoms with E-state index in [4.69, 9.17) is 0 Å². The third-order valence-electron chi connectivity index (χ3n) is 4.91. The maximum atomic E-state index is 10.7. The molecule has 2 heteroatoms. The van der Waals surface area contributed by atoms with Gasteiger partial charge in [0.1, 0.15) is 0 Å². The second-order valence-corrected chi connectivity index (χ2v) is 6.64. The summed E-state index contributed by atoms with van der Waals surface area (Å²) in [6.07, 6.45) is 12.3. The molecule has 1 fully saturated rings. The van der Waals surface area contributed by atoms with Crippen molar-refractivity contribution in [2.75, 3.05) is 14.1 Å². The standard InChI is InChI=1S/C17H33NO/c1-5-6-7-8-9-12-16(19)17(18(3)4)13-10-11-15(2)14-17/h5,15-16,19H,1,6-14H2,2-4H3. The second-order valence-electron chi connectivity index (χ2n) is 6.64. The van der Waals surface area contributed by atoms with Crippen LogP contribution in [0, 0.1) is 5.92 Å². The molecule has 2 nitrogen and oxygen atoms in total. The van der Waals surface area contributed by atoms with Crippen LogP contribution in [0.15, 0.2) is 12.7 Å². The van der Waals surface area contributed by atoms with Gasteiger partial charge in [0, 0.05) is 5.54 Å². The Labute approximate surface area is 119 Å². The molecule has 0 aromatic rings. The SMILES string of the molecule is C=CCCCCCC(O)C1(N(C)C)CCCC(C)C1. The van der Waals surface area contributed by atoms with Crippen LogP contribution in [0.5, 0.6) is 0 Å². The summed E-state index contributed by atoms with van der Waals surface area (Å²) in [6.45, 7) is 6.08. The first-order chi connectivity index (χ1) is 9.03. The van der Waals surface area contributed by atoms with E-state index in [1.54, 1.807) is 0 Å². The van der Waals surface area contributed by atoms with Crippen molar-refractivity contribution >= 4 is 0 Å². The molecular formula is C17H33NO. The Morgan fingerprint density at radius 1 is 1.37 bits per heavy atom. The molecule has 0 amide bonds. The fourth-order valence-corrected chi connectivity index (χ4v) is 3.64. The van der Waals surface area contributed by atoms with Crippen LogP contribution in [0.4, 0.5) is 0 Å². The van der Waals surface area contributed by atoms with Crippen LogP contribution >= 0.6 is 0 Å². The molecule has 0 bridgehead atoms. The lowest BCUT2D eigenvalue weighted by Crippen LogP contribution is -2.56. The van der Waals surface area contributed by atoms with E-state index in [2.05, 4.69) is 32.5 Å². The summed E-state index contributed by atoms with van der Waals surface area (Å²) in [5.74, 6) is 0.742. The molecule has 1 saturated carbocycles. The summed E-state index contributed by atoms with van der Waals surface area (Å²) >= 11 is 0. The van der Waals surface area contributed by atoms with E-state index < -0.39 is 0 Å². The van der Waals surface area contributed by atoms with Crippen molar-refractivity contribution in [2.45, 2.75) is 76.4 Å². The Kier molecular flexibility index (Phi) is 7.09. The Morgan fingerprint density at radius 2 is 2.11 bits per heavy atom. The molecule has 0 aliphatic heterocycles. The topological polar surface area (TPSA) is 23.5 Å². The average molecular weight is 267 g/mol. The highest BCUT2D eigenvalue weighted by molar-refractivity contribution is 4.98. The number of aliphatic hydroxyl groups is 1. The van der Waals surface area contributed by atoms with Crippen LogP contribution in [0.2, 0.25) is 0 Å². The minimum atomic E-state index is -0.172. The molecule has 0 heterocycles. The van der Waals surface area contributed by atoms with Gasteiger partial charge < -0.3 is 10.0 Å². The van der Waals surface area contributed by atoms with Gasteiger partial charge in [0.15, 0.2) is 0 Å². The van der Waals surface area contributed by atoms with Crippen LogP contribution in [-0.2, 0) is 0 Å². The lowest BCUT2D eigenvalue weighted by atomic mass is 9.71. The lowest BCUT2D eigenvalue weighted by molar-refractivity contribution is -0.0475. The summed E-state index contributed by atoms with van der Waals surface area (Å²) in [6, 6.07) is 0. The molecule has 0 aromatic carbocycles. The van der Waals surface area contributed by atoms with Gasteiger partial charge in [-0.3, -0.25) is 0 Å². The predicted molar refractivity (Wildman–Crippen MR) is 83.3 cm³/mol. The third-order valence-corrected chi connectivity index (χ3v) is 4.91. The van der Waals surface area contributed by atoms with Crippen molar-refractivity contribution < 1.29 is 5.11 Å². The quantitative estimate of drug-likeness (QED) is 0.531. The van der Waals surface area contributed by atoms with Gasteiger partial charge in [-0.1, -0.05) is 38.7 Å². The van der Waals surface area contributed by atoms with Crippen molar-refractivity contribution in [3.8, 4) is 0 Å². The Balaban J connectivity index is 2.48. The van der Waals surface area contributed by atoms with Gasteiger partial charge in [0.25, 0.3) is 0 Å². The van der Waals surface area contributed by atoms with Gasteiger partial charge in [-0.25, -0.2) is 0 Å². The van der Waals surface area contributed by atoms with Gasteiger partial charge in [0.2, 0.25) is 0 Å². The summed E-state index contributed by atoms with van der Waals surface area (Å²) in [5, 5.41) is 10.7. The Bertz CT molecular complexity index is 264. The maximum absolute atomic E-state index is 10.7. The largest absolute Gasteiger partial charge is 0.391 e. The highest BCUT2D eigenvalue weighted by Crippen LogP contribution is 2.39. The Hall–Kier alpha value is -0.340. The number of hydrogen-bond donors (Lipinski definition) is 1. The van der Waals surface area contributed by atoms with Crippen LogP contribution in [0.3, 0.4) is 0 Å². The van der Waals surface area contributed by atoms with Gasteiger partial charge in [-0.15, -0.1) is 6.58 Å². The lowest BCUT2D eigenvalue weighted by Gasteiger charge is -2.48. The molecule has 0 spiro atoms. The monoisotopic (exact) mass is 267 g/mol. The third kappa shape index (κ3) is 4.61. The zero-order valence-electron chi connectivity index (χ0n) is 13.2. The van der Waals surface area contributed by atoms with Gasteiger partial charge in [-0.2, -0.15) is 0 Å². The average Bonchev–Trinajstić information content (AvgIpc) is 2.37. The Morgan fingerprint density at radius 3 is 2.68 bits per heavy atom. The molecule has 19 heavy (non-hydrogen) atoms. The first-order valence-corrected chi connectivity index (χ1v) is 7.99. The molecular weight excluding hydrogens is 234 g/mol. The summed E-state index contributed by atoms with van der Waals surface area (Å²) in [7, 11) is 4.28. The number of hydrogen-bond acceptors (Lipinski definition) is 2. The van der Waals surface area contributed by atoms with Crippen molar-refractivity contribution in [2.24, 2.45) is 5.92 Å². The van der Waals surface area contributed by atoms with E-state index in [1.807, 2.05) is 6.08 Å². The fourth-order valence-electron chi connectivity index (χ4n) is 3.64.